The molecule has 8 nitrogen and oxygen atoms in total. The molecule has 0 bridgehead atoms. The van der Waals surface area contributed by atoms with Crippen molar-refractivity contribution in [3.63, 3.8) is 0 Å². The van der Waals surface area contributed by atoms with Crippen molar-refractivity contribution < 1.29 is 14.1 Å². The number of amides is 1. The molecule has 0 fully saturated rings. The predicted octanol–water partition coefficient (Wildman–Crippen LogP) is 6.49. The van der Waals surface area contributed by atoms with Gasteiger partial charge in [0.2, 0.25) is 0 Å². The zero-order valence-corrected chi connectivity index (χ0v) is 24.2. The summed E-state index contributed by atoms with van der Waals surface area (Å²) in [5.74, 6) is 0.824. The average molecular weight is 612 g/mol. The Kier molecular flexibility index (Phi) is 10.4. The minimum Gasteiger partial charge on any atom is -0.491 e. The van der Waals surface area contributed by atoms with E-state index in [1.165, 1.54) is 6.20 Å². The normalized spacial score (nSPS) is 11.7. The highest BCUT2D eigenvalue weighted by Crippen LogP contribution is 2.33. The van der Waals surface area contributed by atoms with Gasteiger partial charge in [0.25, 0.3) is 10.8 Å². The van der Waals surface area contributed by atoms with E-state index in [4.69, 9.17) is 10.5 Å². The molecule has 1 amide bonds. The van der Waals surface area contributed by atoms with Crippen LogP contribution in [-0.4, -0.2) is 40.6 Å². The van der Waals surface area contributed by atoms with Crippen LogP contribution in [0, 0.1) is 0 Å². The second-order valence-corrected chi connectivity index (χ2v) is 11.2. The van der Waals surface area contributed by atoms with Crippen LogP contribution in [-0.2, 0) is 11.4 Å². The molecule has 3 aromatic carbocycles. The SMILES string of the molecule is COc1ccc(NC(=O)c2cnc(-c3ccccc3)[nH]2)cc1[S+](O)N(CCCCCCN)c1ccc(Br)cc1. The Labute approximate surface area is 240 Å². The van der Waals surface area contributed by atoms with Gasteiger partial charge < -0.3 is 20.8 Å². The molecule has 10 heteroatoms. The van der Waals surface area contributed by atoms with Gasteiger partial charge in [-0.15, -0.1) is 0 Å². The third-order valence-corrected chi connectivity index (χ3v) is 8.18. The van der Waals surface area contributed by atoms with Crippen LogP contribution >= 0.6 is 15.9 Å². The van der Waals surface area contributed by atoms with Gasteiger partial charge >= 0.3 is 11.4 Å². The van der Waals surface area contributed by atoms with Crippen LogP contribution in [0.2, 0.25) is 0 Å². The summed E-state index contributed by atoms with van der Waals surface area (Å²) in [4.78, 5) is 21.0. The Hall–Kier alpha value is -3.31. The lowest BCUT2D eigenvalue weighted by Gasteiger charge is -2.20. The lowest BCUT2D eigenvalue weighted by atomic mass is 10.2. The van der Waals surface area contributed by atoms with E-state index in [1.807, 2.05) is 58.9 Å². The summed E-state index contributed by atoms with van der Waals surface area (Å²) >= 11 is 2.15. The van der Waals surface area contributed by atoms with E-state index < -0.39 is 11.4 Å². The maximum atomic E-state index is 13.0. The number of hydrogen-bond acceptors (Lipinski definition) is 6. The second-order valence-electron chi connectivity index (χ2n) is 8.88. The third kappa shape index (κ3) is 7.63. The number of methoxy groups -OCH3 is 1. The van der Waals surface area contributed by atoms with Crippen molar-refractivity contribution in [3.05, 3.63) is 89.2 Å². The van der Waals surface area contributed by atoms with Gasteiger partial charge in [0.1, 0.15) is 11.5 Å². The molecule has 39 heavy (non-hydrogen) atoms. The standard InChI is InChI=1S/C29H32BrN5O3S/c1-38-26-16-13-23(33-29(36)25-20-32-28(34-25)21-9-5-4-6-10-21)19-27(26)39(37)35(18-8-3-2-7-17-31)24-14-11-22(30)12-15-24/h4-6,9-16,19-20,37H,2-3,7-8,17-18,31H2,1H3,(H-,32,33,34,36)/p+1. The van der Waals surface area contributed by atoms with E-state index in [1.54, 1.807) is 25.3 Å². The number of hydrogen-bond donors (Lipinski definition) is 4. The van der Waals surface area contributed by atoms with Gasteiger partial charge in [0.15, 0.2) is 5.75 Å². The van der Waals surface area contributed by atoms with Crippen molar-refractivity contribution in [1.29, 1.82) is 0 Å². The number of rotatable bonds is 13. The van der Waals surface area contributed by atoms with E-state index in [-0.39, 0.29) is 5.91 Å². The molecule has 1 aromatic heterocycles. The Balaban J connectivity index is 1.55. The fourth-order valence-electron chi connectivity index (χ4n) is 4.07. The molecule has 4 aromatic rings. The molecular weight excluding hydrogens is 578 g/mol. The van der Waals surface area contributed by atoms with Crippen molar-refractivity contribution >= 4 is 44.6 Å². The lowest BCUT2D eigenvalue weighted by molar-refractivity contribution is 0.102. The van der Waals surface area contributed by atoms with Gasteiger partial charge in [0, 0.05) is 21.8 Å². The summed E-state index contributed by atoms with van der Waals surface area (Å²) in [7, 11) is 1.57. The first-order chi connectivity index (χ1) is 19.0. The number of aromatic nitrogens is 2. The van der Waals surface area contributed by atoms with Gasteiger partial charge in [-0.3, -0.25) is 4.79 Å². The number of halogens is 1. The first-order valence-corrected chi connectivity index (χ1v) is 14.7. The second kappa shape index (κ2) is 14.2. The summed E-state index contributed by atoms with van der Waals surface area (Å²) in [6.07, 6.45) is 5.47. The molecule has 0 spiro atoms. The monoisotopic (exact) mass is 610 g/mol. The molecule has 1 heterocycles. The molecule has 0 saturated heterocycles. The van der Waals surface area contributed by atoms with Crippen LogP contribution in [0.5, 0.6) is 5.75 Å². The number of imidazole rings is 1. The number of H-pyrrole nitrogens is 1. The zero-order valence-electron chi connectivity index (χ0n) is 21.8. The fraction of sp³-hybridized carbons (Fsp3) is 0.241. The van der Waals surface area contributed by atoms with Crippen molar-refractivity contribution in [2.75, 3.05) is 29.8 Å². The number of carbonyl (C=O) groups excluding carboxylic acids is 1. The van der Waals surface area contributed by atoms with Gasteiger partial charge in [-0.1, -0.05) is 59.1 Å². The first kappa shape index (κ1) is 28.7. The highest BCUT2D eigenvalue weighted by Gasteiger charge is 2.35. The number of nitrogens with zero attached hydrogens (tertiary/aromatic N) is 2. The van der Waals surface area contributed by atoms with Gasteiger partial charge in [-0.2, -0.15) is 8.86 Å². The molecule has 204 valence electrons. The average Bonchev–Trinajstić information content (AvgIpc) is 3.47. The van der Waals surface area contributed by atoms with Crippen LogP contribution in [0.4, 0.5) is 11.4 Å². The maximum absolute atomic E-state index is 13.0. The van der Waals surface area contributed by atoms with Crippen molar-refractivity contribution in [2.24, 2.45) is 5.73 Å². The summed E-state index contributed by atoms with van der Waals surface area (Å²) in [6.45, 7) is 1.34. The van der Waals surface area contributed by atoms with E-state index in [2.05, 4.69) is 31.2 Å². The molecule has 5 N–H and O–H groups in total. The molecule has 0 saturated carbocycles. The smallest absolute Gasteiger partial charge is 0.310 e. The van der Waals surface area contributed by atoms with Crippen molar-refractivity contribution in [3.8, 4) is 17.1 Å². The molecule has 4 rings (SSSR count). The molecular formula is C29H33BrN5O3S+. The molecule has 0 radical (unpaired) electrons. The first-order valence-electron chi connectivity index (χ1n) is 12.8. The Bertz CT molecular complexity index is 1350. The van der Waals surface area contributed by atoms with E-state index in [0.717, 1.165) is 41.4 Å². The molecule has 1 unspecified atom stereocenters. The summed E-state index contributed by atoms with van der Waals surface area (Å²) < 4.78 is 20.2. The highest BCUT2D eigenvalue weighted by molar-refractivity contribution is 9.10. The number of aromatic amines is 1. The summed E-state index contributed by atoms with van der Waals surface area (Å²) in [5, 5.41) is 2.91. The van der Waals surface area contributed by atoms with Gasteiger partial charge in [-0.25, -0.2) is 4.98 Å². The molecule has 0 aliphatic rings. The van der Waals surface area contributed by atoms with Crippen LogP contribution in [0.15, 0.2) is 88.4 Å². The molecule has 1 atom stereocenters. The number of nitrogens with two attached hydrogens (primary N) is 1. The van der Waals surface area contributed by atoms with Crippen molar-refractivity contribution in [1.82, 2.24) is 9.97 Å². The van der Waals surface area contributed by atoms with E-state index in [9.17, 15) is 9.35 Å². The van der Waals surface area contributed by atoms with Crippen LogP contribution in [0.1, 0.15) is 36.2 Å². The zero-order chi connectivity index (χ0) is 27.6. The van der Waals surface area contributed by atoms with Crippen molar-refractivity contribution in [2.45, 2.75) is 30.6 Å². The number of nitrogens with one attached hydrogen (secondary N) is 2. The molecule has 0 aliphatic carbocycles. The third-order valence-electron chi connectivity index (χ3n) is 6.12. The van der Waals surface area contributed by atoms with Gasteiger partial charge in [0.05, 0.1) is 25.5 Å². The number of carbonyl (C=O) groups is 1. The van der Waals surface area contributed by atoms with Crippen LogP contribution in [0.25, 0.3) is 11.4 Å². The minimum atomic E-state index is -1.34. The van der Waals surface area contributed by atoms with Crippen LogP contribution in [0.3, 0.4) is 0 Å². The minimum absolute atomic E-state index is 0.330. The molecule has 0 aliphatic heterocycles. The van der Waals surface area contributed by atoms with Crippen LogP contribution < -0.4 is 20.1 Å². The topological polar surface area (TPSA) is 116 Å². The van der Waals surface area contributed by atoms with Gasteiger partial charge in [-0.05, 0) is 55.8 Å². The fourth-order valence-corrected chi connectivity index (χ4v) is 5.76. The summed E-state index contributed by atoms with van der Waals surface area (Å²) in [5.41, 5.74) is 8.30. The quantitative estimate of drug-likeness (QED) is 0.101. The predicted molar refractivity (Wildman–Crippen MR) is 162 cm³/mol. The van der Waals surface area contributed by atoms with E-state index in [0.29, 0.717) is 40.9 Å². The number of ether oxygens (including phenoxy) is 1. The maximum Gasteiger partial charge on any atom is 0.310 e. The Morgan fingerprint density at radius 1 is 1.08 bits per heavy atom. The number of anilines is 2. The Morgan fingerprint density at radius 2 is 1.82 bits per heavy atom. The lowest BCUT2D eigenvalue weighted by Crippen LogP contribution is -2.32. The number of benzene rings is 3. The van der Waals surface area contributed by atoms with E-state index >= 15 is 0 Å². The largest absolute Gasteiger partial charge is 0.491 e. The highest BCUT2D eigenvalue weighted by atomic mass is 79.9. The number of unbranched alkanes of at least 4 members (excludes halogenated alkanes) is 3. The Morgan fingerprint density at radius 3 is 2.54 bits per heavy atom. The summed E-state index contributed by atoms with van der Waals surface area (Å²) in [6, 6.07) is 22.7.